The van der Waals surface area contributed by atoms with E-state index in [1.807, 2.05) is 49.4 Å². The van der Waals surface area contributed by atoms with Crippen LogP contribution < -0.4 is 11.1 Å². The Balaban J connectivity index is 1.95. The van der Waals surface area contributed by atoms with Crippen LogP contribution in [0.1, 0.15) is 29.7 Å². The summed E-state index contributed by atoms with van der Waals surface area (Å²) in [6.07, 6.45) is 0.805. The van der Waals surface area contributed by atoms with Crippen molar-refractivity contribution in [3.05, 3.63) is 71.3 Å². The number of nitrogens with one attached hydrogen (secondary N) is 1. The Labute approximate surface area is 126 Å². The molecule has 0 saturated carbocycles. The van der Waals surface area contributed by atoms with Gasteiger partial charge in [0.25, 0.3) is 0 Å². The van der Waals surface area contributed by atoms with E-state index in [1.165, 1.54) is 11.1 Å². The summed E-state index contributed by atoms with van der Waals surface area (Å²) < 4.78 is 0. The number of carbonyl (C=O) groups is 1. The predicted molar refractivity (Wildman–Crippen MR) is 85.9 cm³/mol. The van der Waals surface area contributed by atoms with Crippen LogP contribution in [0.2, 0.25) is 0 Å². The molecule has 0 bridgehead atoms. The highest BCUT2D eigenvalue weighted by Crippen LogP contribution is 2.12. The lowest BCUT2D eigenvalue weighted by atomic mass is 10.0. The second kappa shape index (κ2) is 7.04. The summed E-state index contributed by atoms with van der Waals surface area (Å²) in [6, 6.07) is 17.1. The van der Waals surface area contributed by atoms with Gasteiger partial charge in [-0.25, -0.2) is 0 Å². The maximum Gasteiger partial charge on any atom is 0.241 e. The third-order valence-corrected chi connectivity index (χ3v) is 3.62. The largest absolute Gasteiger partial charge is 0.352 e. The summed E-state index contributed by atoms with van der Waals surface area (Å²) in [7, 11) is 0. The van der Waals surface area contributed by atoms with Crippen LogP contribution in [0.25, 0.3) is 0 Å². The minimum absolute atomic E-state index is 0.0494. The molecule has 2 aromatic rings. The van der Waals surface area contributed by atoms with E-state index in [9.17, 15) is 4.79 Å². The van der Waals surface area contributed by atoms with Crippen LogP contribution in [0, 0.1) is 6.92 Å². The van der Waals surface area contributed by atoms with E-state index >= 15 is 0 Å². The normalized spacial score (nSPS) is 13.5. The Morgan fingerprint density at radius 2 is 1.71 bits per heavy atom. The Morgan fingerprint density at radius 3 is 2.38 bits per heavy atom. The van der Waals surface area contributed by atoms with E-state index in [0.717, 1.165) is 12.0 Å². The molecule has 3 heteroatoms. The molecule has 3 N–H and O–H groups in total. The Hall–Kier alpha value is -2.13. The zero-order chi connectivity index (χ0) is 15.2. The van der Waals surface area contributed by atoms with Crippen LogP contribution >= 0.6 is 0 Å². The molecule has 0 aromatic heterocycles. The number of rotatable bonds is 5. The van der Waals surface area contributed by atoms with Gasteiger partial charge in [0.1, 0.15) is 6.04 Å². The minimum Gasteiger partial charge on any atom is -0.352 e. The quantitative estimate of drug-likeness (QED) is 0.886. The van der Waals surface area contributed by atoms with Crippen molar-refractivity contribution in [2.24, 2.45) is 5.73 Å². The molecule has 0 spiro atoms. The molecule has 2 aromatic carbocycles. The molecule has 0 aliphatic rings. The topological polar surface area (TPSA) is 55.1 Å². The third kappa shape index (κ3) is 4.17. The van der Waals surface area contributed by atoms with Gasteiger partial charge in [-0.05, 0) is 37.0 Å². The summed E-state index contributed by atoms with van der Waals surface area (Å²) in [5, 5.41) is 2.99. The highest BCUT2D eigenvalue weighted by atomic mass is 16.2. The SMILES string of the molecule is Cc1ccccc1CC(C)NC(=O)[C@@H](N)c1ccccc1. The first-order valence-corrected chi connectivity index (χ1v) is 7.23. The number of carbonyl (C=O) groups excluding carboxylic acids is 1. The van der Waals surface area contributed by atoms with Gasteiger partial charge < -0.3 is 11.1 Å². The monoisotopic (exact) mass is 282 g/mol. The maximum absolute atomic E-state index is 12.2. The molecule has 21 heavy (non-hydrogen) atoms. The standard InChI is InChI=1S/C18H22N2O/c1-13-8-6-7-11-16(13)12-14(2)20-18(21)17(19)15-9-4-3-5-10-15/h3-11,14,17H,12,19H2,1-2H3,(H,20,21)/t14?,17-/m0/s1. The van der Waals surface area contributed by atoms with Gasteiger partial charge in [-0.15, -0.1) is 0 Å². The van der Waals surface area contributed by atoms with Crippen molar-refractivity contribution >= 4 is 5.91 Å². The highest BCUT2D eigenvalue weighted by molar-refractivity contribution is 5.83. The van der Waals surface area contributed by atoms with Gasteiger partial charge in [-0.1, -0.05) is 54.6 Å². The van der Waals surface area contributed by atoms with E-state index in [1.54, 1.807) is 0 Å². The van der Waals surface area contributed by atoms with Crippen molar-refractivity contribution in [2.45, 2.75) is 32.4 Å². The lowest BCUT2D eigenvalue weighted by Crippen LogP contribution is -2.40. The smallest absolute Gasteiger partial charge is 0.241 e. The minimum atomic E-state index is -0.620. The summed E-state index contributed by atoms with van der Waals surface area (Å²) >= 11 is 0. The fourth-order valence-corrected chi connectivity index (χ4v) is 2.36. The van der Waals surface area contributed by atoms with Gasteiger partial charge in [0.2, 0.25) is 5.91 Å². The number of benzene rings is 2. The Bertz CT molecular complexity index is 595. The van der Waals surface area contributed by atoms with Crippen LogP contribution in [0.3, 0.4) is 0 Å². The van der Waals surface area contributed by atoms with Crippen LogP contribution in [-0.4, -0.2) is 11.9 Å². The molecule has 3 nitrogen and oxygen atoms in total. The van der Waals surface area contributed by atoms with E-state index < -0.39 is 6.04 Å². The van der Waals surface area contributed by atoms with Gasteiger partial charge in [0.05, 0.1) is 0 Å². The van der Waals surface area contributed by atoms with Crippen molar-refractivity contribution in [1.82, 2.24) is 5.32 Å². The number of hydrogen-bond donors (Lipinski definition) is 2. The van der Waals surface area contributed by atoms with Gasteiger partial charge in [0.15, 0.2) is 0 Å². The van der Waals surface area contributed by atoms with Crippen LogP contribution in [-0.2, 0) is 11.2 Å². The summed E-state index contributed by atoms with van der Waals surface area (Å²) in [5.41, 5.74) is 9.32. The predicted octanol–water partition coefficient (Wildman–Crippen LogP) is 2.74. The van der Waals surface area contributed by atoms with Crippen molar-refractivity contribution in [3.8, 4) is 0 Å². The number of amides is 1. The zero-order valence-corrected chi connectivity index (χ0v) is 12.5. The van der Waals surface area contributed by atoms with Crippen molar-refractivity contribution in [3.63, 3.8) is 0 Å². The second-order valence-electron chi connectivity index (χ2n) is 5.43. The summed E-state index contributed by atoms with van der Waals surface area (Å²) in [4.78, 5) is 12.2. The fourth-order valence-electron chi connectivity index (χ4n) is 2.36. The van der Waals surface area contributed by atoms with Gasteiger partial charge in [-0.2, -0.15) is 0 Å². The molecular formula is C18H22N2O. The fraction of sp³-hybridized carbons (Fsp3) is 0.278. The van der Waals surface area contributed by atoms with E-state index in [4.69, 9.17) is 5.73 Å². The van der Waals surface area contributed by atoms with Crippen molar-refractivity contribution in [2.75, 3.05) is 0 Å². The van der Waals surface area contributed by atoms with Crippen molar-refractivity contribution in [1.29, 1.82) is 0 Å². The van der Waals surface area contributed by atoms with Crippen LogP contribution in [0.15, 0.2) is 54.6 Å². The Morgan fingerprint density at radius 1 is 1.10 bits per heavy atom. The van der Waals surface area contributed by atoms with E-state index in [0.29, 0.717) is 0 Å². The molecule has 0 aliphatic heterocycles. The van der Waals surface area contributed by atoms with Gasteiger partial charge >= 0.3 is 0 Å². The molecule has 2 rings (SSSR count). The molecule has 1 unspecified atom stereocenters. The lowest BCUT2D eigenvalue weighted by molar-refractivity contribution is -0.123. The van der Waals surface area contributed by atoms with E-state index in [-0.39, 0.29) is 11.9 Å². The van der Waals surface area contributed by atoms with Gasteiger partial charge in [0, 0.05) is 6.04 Å². The molecule has 0 aliphatic carbocycles. The summed E-state index contributed by atoms with van der Waals surface area (Å²) in [5.74, 6) is -0.137. The van der Waals surface area contributed by atoms with E-state index in [2.05, 4.69) is 24.4 Å². The molecule has 0 fully saturated rings. The first-order valence-electron chi connectivity index (χ1n) is 7.23. The molecule has 0 heterocycles. The first-order chi connectivity index (χ1) is 10.1. The van der Waals surface area contributed by atoms with Gasteiger partial charge in [-0.3, -0.25) is 4.79 Å². The average molecular weight is 282 g/mol. The molecule has 110 valence electrons. The summed E-state index contributed by atoms with van der Waals surface area (Å²) in [6.45, 7) is 4.08. The average Bonchev–Trinajstić information content (AvgIpc) is 2.49. The maximum atomic E-state index is 12.2. The number of nitrogens with two attached hydrogens (primary N) is 1. The number of aryl methyl sites for hydroxylation is 1. The zero-order valence-electron chi connectivity index (χ0n) is 12.5. The van der Waals surface area contributed by atoms with Crippen LogP contribution in [0.5, 0.6) is 0 Å². The second-order valence-corrected chi connectivity index (χ2v) is 5.43. The lowest BCUT2D eigenvalue weighted by Gasteiger charge is -2.18. The molecule has 1 amide bonds. The highest BCUT2D eigenvalue weighted by Gasteiger charge is 2.17. The molecular weight excluding hydrogens is 260 g/mol. The molecule has 0 radical (unpaired) electrons. The first kappa shape index (κ1) is 15.3. The van der Waals surface area contributed by atoms with Crippen molar-refractivity contribution < 1.29 is 4.79 Å². The molecule has 0 saturated heterocycles. The Kier molecular flexibility index (Phi) is 5.12. The van der Waals surface area contributed by atoms with Crippen LogP contribution in [0.4, 0.5) is 0 Å². The number of hydrogen-bond acceptors (Lipinski definition) is 2. The molecule has 2 atom stereocenters. The third-order valence-electron chi connectivity index (χ3n) is 3.62.